The zero-order valence-electron chi connectivity index (χ0n) is 10.1. The third-order valence-electron chi connectivity index (χ3n) is 2.74. The lowest BCUT2D eigenvalue weighted by Crippen LogP contribution is -1.87. The number of aryl methyl sites for hydroxylation is 1. The monoisotopic (exact) mass is 319 g/mol. The fraction of sp³-hybridized carbons (Fsp3) is 0.0769. The van der Waals surface area contributed by atoms with Crippen molar-refractivity contribution in [3.63, 3.8) is 0 Å². The second kappa shape index (κ2) is 4.55. The lowest BCUT2D eigenvalue weighted by atomic mass is 10.2. The number of halogens is 1. The standard InChI is InChI=1S/C13H10BrN3O2/c1-7-4-5-18-11(7)12-16-13(19-17-12)8-2-3-10(15)9(14)6-8/h2-6H,15H2,1H3. The van der Waals surface area contributed by atoms with Crippen LogP contribution >= 0.6 is 15.9 Å². The van der Waals surface area contributed by atoms with E-state index in [0.29, 0.717) is 23.2 Å². The first kappa shape index (κ1) is 12.0. The molecule has 3 aromatic rings. The largest absolute Gasteiger partial charge is 0.461 e. The highest BCUT2D eigenvalue weighted by Gasteiger charge is 2.15. The minimum absolute atomic E-state index is 0.423. The van der Waals surface area contributed by atoms with Gasteiger partial charge in [0.15, 0.2) is 5.76 Å². The van der Waals surface area contributed by atoms with Gasteiger partial charge in [-0.25, -0.2) is 0 Å². The van der Waals surface area contributed by atoms with Crippen molar-refractivity contribution in [2.45, 2.75) is 6.92 Å². The van der Waals surface area contributed by atoms with Gasteiger partial charge in [-0.2, -0.15) is 4.98 Å². The summed E-state index contributed by atoms with van der Waals surface area (Å²) in [6.45, 7) is 1.93. The molecule has 19 heavy (non-hydrogen) atoms. The van der Waals surface area contributed by atoms with Crippen molar-refractivity contribution < 1.29 is 8.94 Å². The molecule has 0 spiro atoms. The first-order chi connectivity index (χ1) is 9.15. The fourth-order valence-electron chi connectivity index (χ4n) is 1.69. The summed E-state index contributed by atoms with van der Waals surface area (Å²) >= 11 is 3.37. The van der Waals surface area contributed by atoms with Crippen molar-refractivity contribution in [2.75, 3.05) is 5.73 Å². The Bertz CT molecular complexity index is 733. The van der Waals surface area contributed by atoms with Gasteiger partial charge in [0.05, 0.1) is 6.26 Å². The van der Waals surface area contributed by atoms with Gasteiger partial charge >= 0.3 is 0 Å². The van der Waals surface area contributed by atoms with Crippen LogP contribution in [0.5, 0.6) is 0 Å². The van der Waals surface area contributed by atoms with Gasteiger partial charge in [0.2, 0.25) is 5.82 Å². The van der Waals surface area contributed by atoms with E-state index < -0.39 is 0 Å². The predicted octanol–water partition coefficient (Wildman–Crippen LogP) is 3.65. The lowest BCUT2D eigenvalue weighted by Gasteiger charge is -1.98. The molecule has 0 saturated carbocycles. The third kappa shape index (κ3) is 2.15. The molecule has 0 saturated heterocycles. The molecule has 0 atom stereocenters. The van der Waals surface area contributed by atoms with E-state index in [-0.39, 0.29) is 0 Å². The highest BCUT2D eigenvalue weighted by atomic mass is 79.9. The quantitative estimate of drug-likeness (QED) is 0.729. The molecular weight excluding hydrogens is 310 g/mol. The molecule has 96 valence electrons. The van der Waals surface area contributed by atoms with Crippen LogP contribution in [-0.2, 0) is 0 Å². The molecule has 0 fully saturated rings. The normalized spacial score (nSPS) is 10.8. The SMILES string of the molecule is Cc1ccoc1-c1noc(-c2ccc(N)c(Br)c2)n1. The number of benzene rings is 1. The molecule has 1 aromatic carbocycles. The number of hydrogen-bond acceptors (Lipinski definition) is 5. The number of nitrogens with zero attached hydrogens (tertiary/aromatic N) is 2. The summed E-state index contributed by atoms with van der Waals surface area (Å²) < 4.78 is 11.4. The van der Waals surface area contributed by atoms with Crippen LogP contribution in [0.3, 0.4) is 0 Å². The zero-order chi connectivity index (χ0) is 13.4. The van der Waals surface area contributed by atoms with Crippen LogP contribution in [0, 0.1) is 6.92 Å². The topological polar surface area (TPSA) is 78.1 Å². The molecule has 0 bridgehead atoms. The molecule has 0 unspecified atom stereocenters. The molecule has 2 heterocycles. The minimum Gasteiger partial charge on any atom is -0.461 e. The van der Waals surface area contributed by atoms with E-state index in [1.54, 1.807) is 12.3 Å². The molecule has 0 aliphatic rings. The van der Waals surface area contributed by atoms with E-state index in [2.05, 4.69) is 26.1 Å². The average molecular weight is 320 g/mol. The summed E-state index contributed by atoms with van der Waals surface area (Å²) in [4.78, 5) is 4.32. The Morgan fingerprint density at radius 1 is 1.26 bits per heavy atom. The van der Waals surface area contributed by atoms with Crippen LogP contribution in [-0.4, -0.2) is 10.1 Å². The third-order valence-corrected chi connectivity index (χ3v) is 3.43. The van der Waals surface area contributed by atoms with Crippen molar-refractivity contribution in [1.29, 1.82) is 0 Å². The van der Waals surface area contributed by atoms with Crippen molar-refractivity contribution in [3.8, 4) is 23.0 Å². The van der Waals surface area contributed by atoms with E-state index in [9.17, 15) is 0 Å². The number of hydrogen-bond donors (Lipinski definition) is 1. The first-order valence-corrected chi connectivity index (χ1v) is 6.38. The van der Waals surface area contributed by atoms with Gasteiger partial charge in [-0.1, -0.05) is 5.16 Å². The summed E-state index contributed by atoms with van der Waals surface area (Å²) in [5.74, 6) is 1.47. The first-order valence-electron chi connectivity index (χ1n) is 5.59. The number of nitrogen functional groups attached to an aromatic ring is 1. The molecule has 0 amide bonds. The maximum absolute atomic E-state index is 5.74. The maximum atomic E-state index is 5.74. The average Bonchev–Trinajstić information content (AvgIpc) is 3.01. The van der Waals surface area contributed by atoms with E-state index >= 15 is 0 Å². The molecule has 2 aromatic heterocycles. The highest BCUT2D eigenvalue weighted by Crippen LogP contribution is 2.28. The second-order valence-electron chi connectivity index (χ2n) is 4.09. The van der Waals surface area contributed by atoms with Crippen LogP contribution in [0.4, 0.5) is 5.69 Å². The van der Waals surface area contributed by atoms with E-state index in [1.807, 2.05) is 25.1 Å². The van der Waals surface area contributed by atoms with Gasteiger partial charge < -0.3 is 14.7 Å². The Kier molecular flexibility index (Phi) is 2.87. The van der Waals surface area contributed by atoms with Gasteiger partial charge in [0.1, 0.15) is 0 Å². The van der Waals surface area contributed by atoms with Crippen LogP contribution in [0.25, 0.3) is 23.0 Å². The predicted molar refractivity (Wildman–Crippen MR) is 74.3 cm³/mol. The van der Waals surface area contributed by atoms with Crippen LogP contribution in [0.2, 0.25) is 0 Å². The summed E-state index contributed by atoms with van der Waals surface area (Å²) in [7, 11) is 0. The zero-order valence-corrected chi connectivity index (χ0v) is 11.6. The van der Waals surface area contributed by atoms with Crippen LogP contribution in [0.15, 0.2) is 43.9 Å². The van der Waals surface area contributed by atoms with E-state index in [0.717, 1.165) is 15.6 Å². The molecule has 3 rings (SSSR count). The summed E-state index contributed by atoms with van der Waals surface area (Å²) in [5, 5.41) is 3.92. The maximum Gasteiger partial charge on any atom is 0.258 e. The Morgan fingerprint density at radius 2 is 2.11 bits per heavy atom. The Morgan fingerprint density at radius 3 is 2.79 bits per heavy atom. The van der Waals surface area contributed by atoms with Gasteiger partial charge in [0, 0.05) is 15.7 Å². The van der Waals surface area contributed by atoms with Crippen LogP contribution < -0.4 is 5.73 Å². The smallest absolute Gasteiger partial charge is 0.258 e. The molecule has 6 heteroatoms. The van der Waals surface area contributed by atoms with Gasteiger partial charge in [-0.3, -0.25) is 0 Å². The molecular formula is C13H10BrN3O2. The van der Waals surface area contributed by atoms with Gasteiger partial charge in [-0.05, 0) is 52.7 Å². The van der Waals surface area contributed by atoms with Crippen LogP contribution in [0.1, 0.15) is 5.56 Å². The Hall–Kier alpha value is -2.08. The number of nitrogens with two attached hydrogens (primary N) is 1. The molecule has 0 aliphatic carbocycles. The van der Waals surface area contributed by atoms with Gasteiger partial charge in [0.25, 0.3) is 5.89 Å². The second-order valence-corrected chi connectivity index (χ2v) is 4.95. The minimum atomic E-state index is 0.423. The molecule has 5 nitrogen and oxygen atoms in total. The molecule has 2 N–H and O–H groups in total. The Labute approximate surface area is 117 Å². The lowest BCUT2D eigenvalue weighted by molar-refractivity contribution is 0.429. The summed E-state index contributed by atoms with van der Waals surface area (Å²) in [5.41, 5.74) is 8.16. The van der Waals surface area contributed by atoms with E-state index in [1.165, 1.54) is 0 Å². The van der Waals surface area contributed by atoms with Crippen molar-refractivity contribution >= 4 is 21.6 Å². The van der Waals surface area contributed by atoms with Crippen molar-refractivity contribution in [1.82, 2.24) is 10.1 Å². The number of rotatable bonds is 2. The Balaban J connectivity index is 2.01. The summed E-state index contributed by atoms with van der Waals surface area (Å²) in [6, 6.07) is 7.29. The molecule has 0 aliphatic heterocycles. The fourth-order valence-corrected chi connectivity index (χ4v) is 2.07. The highest BCUT2D eigenvalue weighted by molar-refractivity contribution is 9.10. The van der Waals surface area contributed by atoms with Crippen molar-refractivity contribution in [2.24, 2.45) is 0 Å². The summed E-state index contributed by atoms with van der Waals surface area (Å²) in [6.07, 6.45) is 1.60. The van der Waals surface area contributed by atoms with Crippen molar-refractivity contribution in [3.05, 3.63) is 40.6 Å². The van der Waals surface area contributed by atoms with Gasteiger partial charge in [-0.15, -0.1) is 0 Å². The van der Waals surface area contributed by atoms with E-state index in [4.69, 9.17) is 14.7 Å². The molecule has 0 radical (unpaired) electrons. The number of furan rings is 1. The number of aromatic nitrogens is 2. The number of anilines is 1.